The lowest BCUT2D eigenvalue weighted by atomic mass is 10.0. The number of aromatic nitrogens is 2. The van der Waals surface area contributed by atoms with E-state index in [1.165, 1.54) is 5.56 Å². The van der Waals surface area contributed by atoms with Gasteiger partial charge in [-0.25, -0.2) is 4.98 Å². The largest absolute Gasteiger partial charge is 0.337 e. The normalized spacial score (nSPS) is 15.1. The van der Waals surface area contributed by atoms with E-state index < -0.39 is 0 Å². The highest BCUT2D eigenvalue weighted by molar-refractivity contribution is 6.07. The quantitative estimate of drug-likeness (QED) is 0.479. The van der Waals surface area contributed by atoms with Crippen molar-refractivity contribution in [2.75, 3.05) is 26.2 Å². The molecule has 0 spiro atoms. The molecule has 0 radical (unpaired) electrons. The SMILES string of the molecule is Cc1noc2nc(-c3ccccc3)cc(C(=O)N3CCCN(Cc4ccccc4)CC3)c12. The van der Waals surface area contributed by atoms with Crippen molar-refractivity contribution in [3.63, 3.8) is 0 Å². The van der Waals surface area contributed by atoms with Gasteiger partial charge >= 0.3 is 0 Å². The van der Waals surface area contributed by atoms with Crippen LogP contribution in [0.1, 0.15) is 28.0 Å². The first-order valence-electron chi connectivity index (χ1n) is 11.1. The van der Waals surface area contributed by atoms with E-state index in [9.17, 15) is 4.79 Å². The molecule has 162 valence electrons. The van der Waals surface area contributed by atoms with E-state index in [0.29, 0.717) is 28.9 Å². The molecule has 6 heteroatoms. The summed E-state index contributed by atoms with van der Waals surface area (Å²) in [7, 11) is 0. The lowest BCUT2D eigenvalue weighted by Gasteiger charge is -2.22. The number of fused-ring (bicyclic) bond motifs is 1. The van der Waals surface area contributed by atoms with Crippen LogP contribution in [0.15, 0.2) is 71.3 Å². The van der Waals surface area contributed by atoms with Crippen molar-refractivity contribution in [2.24, 2.45) is 0 Å². The molecule has 0 atom stereocenters. The maximum Gasteiger partial charge on any atom is 0.259 e. The average Bonchev–Trinajstić information content (AvgIpc) is 3.06. The van der Waals surface area contributed by atoms with E-state index in [-0.39, 0.29) is 5.91 Å². The van der Waals surface area contributed by atoms with Gasteiger partial charge in [-0.15, -0.1) is 0 Å². The second-order valence-electron chi connectivity index (χ2n) is 8.28. The summed E-state index contributed by atoms with van der Waals surface area (Å²) in [5.74, 6) is 0.0162. The molecule has 2 aromatic carbocycles. The maximum atomic E-state index is 13.7. The monoisotopic (exact) mass is 426 g/mol. The van der Waals surface area contributed by atoms with Crippen LogP contribution in [0.5, 0.6) is 0 Å². The molecule has 0 saturated carbocycles. The Morgan fingerprint density at radius 3 is 2.50 bits per heavy atom. The Labute approximate surface area is 187 Å². The van der Waals surface area contributed by atoms with Gasteiger partial charge in [0.25, 0.3) is 11.6 Å². The van der Waals surface area contributed by atoms with Gasteiger partial charge < -0.3 is 9.42 Å². The highest BCUT2D eigenvalue weighted by atomic mass is 16.5. The highest BCUT2D eigenvalue weighted by Gasteiger charge is 2.25. The van der Waals surface area contributed by atoms with Gasteiger partial charge in [0, 0.05) is 38.3 Å². The van der Waals surface area contributed by atoms with Gasteiger partial charge in [0.1, 0.15) is 0 Å². The first-order valence-corrected chi connectivity index (χ1v) is 11.1. The summed E-state index contributed by atoms with van der Waals surface area (Å²) in [4.78, 5) is 22.7. The lowest BCUT2D eigenvalue weighted by Crippen LogP contribution is -2.35. The summed E-state index contributed by atoms with van der Waals surface area (Å²) in [5, 5.41) is 4.79. The Hall–Kier alpha value is -3.51. The molecule has 32 heavy (non-hydrogen) atoms. The van der Waals surface area contributed by atoms with Gasteiger partial charge in [0.15, 0.2) is 0 Å². The number of pyridine rings is 1. The summed E-state index contributed by atoms with van der Waals surface area (Å²) in [6.45, 7) is 6.02. The number of hydrogen-bond acceptors (Lipinski definition) is 5. The van der Waals surface area contributed by atoms with Crippen molar-refractivity contribution in [2.45, 2.75) is 19.9 Å². The molecular formula is C26H26N4O2. The lowest BCUT2D eigenvalue weighted by molar-refractivity contribution is 0.0763. The number of nitrogens with zero attached hydrogens (tertiary/aromatic N) is 4. The van der Waals surface area contributed by atoms with Crippen molar-refractivity contribution < 1.29 is 9.32 Å². The zero-order valence-corrected chi connectivity index (χ0v) is 18.2. The third-order valence-corrected chi connectivity index (χ3v) is 6.04. The predicted molar refractivity (Wildman–Crippen MR) is 124 cm³/mol. The van der Waals surface area contributed by atoms with Crippen LogP contribution in [0.2, 0.25) is 0 Å². The summed E-state index contributed by atoms with van der Waals surface area (Å²) in [5.41, 5.74) is 4.68. The van der Waals surface area contributed by atoms with Gasteiger partial charge in [0.2, 0.25) is 0 Å². The van der Waals surface area contributed by atoms with Crippen LogP contribution in [0, 0.1) is 6.92 Å². The molecule has 5 rings (SSSR count). The van der Waals surface area contributed by atoms with Crippen LogP contribution in [-0.4, -0.2) is 52.0 Å². The van der Waals surface area contributed by atoms with Crippen LogP contribution < -0.4 is 0 Å². The van der Waals surface area contributed by atoms with E-state index in [2.05, 4.69) is 39.3 Å². The minimum atomic E-state index is 0.0162. The molecule has 6 nitrogen and oxygen atoms in total. The number of carbonyl (C=O) groups excluding carboxylic acids is 1. The van der Waals surface area contributed by atoms with Crippen molar-refractivity contribution in [1.29, 1.82) is 0 Å². The van der Waals surface area contributed by atoms with E-state index in [1.807, 2.05) is 54.3 Å². The molecule has 1 aliphatic heterocycles. The zero-order chi connectivity index (χ0) is 21.9. The van der Waals surface area contributed by atoms with Crippen LogP contribution in [-0.2, 0) is 6.54 Å². The Morgan fingerprint density at radius 2 is 1.72 bits per heavy atom. The second kappa shape index (κ2) is 8.93. The third kappa shape index (κ3) is 4.14. The molecular weight excluding hydrogens is 400 g/mol. The Balaban J connectivity index is 1.41. The van der Waals surface area contributed by atoms with Gasteiger partial charge in [-0.2, -0.15) is 0 Å². The maximum absolute atomic E-state index is 13.7. The Bertz CT molecular complexity index is 1220. The summed E-state index contributed by atoms with van der Waals surface area (Å²) >= 11 is 0. The second-order valence-corrected chi connectivity index (χ2v) is 8.28. The van der Waals surface area contributed by atoms with Gasteiger partial charge in [-0.1, -0.05) is 65.8 Å². The average molecular weight is 427 g/mol. The highest BCUT2D eigenvalue weighted by Crippen LogP contribution is 2.28. The van der Waals surface area contributed by atoms with Crippen LogP contribution in [0.4, 0.5) is 0 Å². The zero-order valence-electron chi connectivity index (χ0n) is 18.2. The van der Waals surface area contributed by atoms with Gasteiger partial charge in [0.05, 0.1) is 22.3 Å². The number of aryl methyl sites for hydroxylation is 1. The fourth-order valence-electron chi connectivity index (χ4n) is 4.36. The van der Waals surface area contributed by atoms with E-state index >= 15 is 0 Å². The third-order valence-electron chi connectivity index (χ3n) is 6.04. The number of benzene rings is 2. The molecule has 0 unspecified atom stereocenters. The number of carbonyl (C=O) groups is 1. The van der Waals surface area contributed by atoms with E-state index in [1.54, 1.807) is 0 Å². The van der Waals surface area contributed by atoms with Gasteiger partial charge in [-0.3, -0.25) is 9.69 Å². The van der Waals surface area contributed by atoms with Crippen LogP contribution in [0.25, 0.3) is 22.4 Å². The molecule has 0 bridgehead atoms. The van der Waals surface area contributed by atoms with Crippen molar-refractivity contribution in [3.8, 4) is 11.3 Å². The number of rotatable bonds is 4. The first kappa shape index (κ1) is 20.4. The summed E-state index contributed by atoms with van der Waals surface area (Å²) < 4.78 is 5.46. The Morgan fingerprint density at radius 1 is 0.969 bits per heavy atom. The van der Waals surface area contributed by atoms with Gasteiger partial charge in [-0.05, 0) is 25.0 Å². The molecule has 3 heterocycles. The number of hydrogen-bond donors (Lipinski definition) is 0. The molecule has 1 saturated heterocycles. The number of amides is 1. The molecule has 1 aliphatic rings. The molecule has 1 fully saturated rings. The fraction of sp³-hybridized carbons (Fsp3) is 0.269. The molecule has 2 aromatic heterocycles. The summed E-state index contributed by atoms with van der Waals surface area (Å²) in [6, 6.07) is 22.2. The van der Waals surface area contributed by atoms with E-state index in [0.717, 1.165) is 43.9 Å². The first-order chi connectivity index (χ1) is 15.7. The predicted octanol–water partition coefficient (Wildman–Crippen LogP) is 4.55. The smallest absolute Gasteiger partial charge is 0.259 e. The summed E-state index contributed by atoms with van der Waals surface area (Å²) in [6.07, 6.45) is 0.945. The fourth-order valence-corrected chi connectivity index (χ4v) is 4.36. The Kier molecular flexibility index (Phi) is 5.69. The molecule has 1 amide bonds. The van der Waals surface area contributed by atoms with Crippen LogP contribution >= 0.6 is 0 Å². The van der Waals surface area contributed by atoms with Crippen molar-refractivity contribution in [3.05, 3.63) is 83.6 Å². The van der Waals surface area contributed by atoms with Crippen molar-refractivity contribution in [1.82, 2.24) is 19.9 Å². The molecule has 0 N–H and O–H groups in total. The standard InChI is InChI=1S/C26H26N4O2/c1-19-24-22(17-23(27-25(24)32-28-19)21-11-6-3-7-12-21)26(31)30-14-8-13-29(15-16-30)18-20-9-4-2-5-10-20/h2-7,9-12,17H,8,13-16,18H2,1H3. The topological polar surface area (TPSA) is 62.5 Å². The van der Waals surface area contributed by atoms with Crippen LogP contribution in [0.3, 0.4) is 0 Å². The molecule has 0 aliphatic carbocycles. The van der Waals surface area contributed by atoms with E-state index in [4.69, 9.17) is 4.52 Å². The molecule has 4 aromatic rings. The minimum absolute atomic E-state index is 0.0162. The minimum Gasteiger partial charge on any atom is -0.337 e. The van der Waals surface area contributed by atoms with Crippen molar-refractivity contribution >= 4 is 17.0 Å².